The minimum absolute atomic E-state index is 0.286. The summed E-state index contributed by atoms with van der Waals surface area (Å²) in [5, 5.41) is 12.1. The summed E-state index contributed by atoms with van der Waals surface area (Å²) in [5.74, 6) is -0.0185. The third-order valence-corrected chi connectivity index (χ3v) is 6.32. The van der Waals surface area contributed by atoms with Crippen LogP contribution >= 0.6 is 0 Å². The number of halogens is 3. The predicted octanol–water partition coefficient (Wildman–Crippen LogP) is 4.28. The fraction of sp³-hybridized carbons (Fsp3) is 0.478. The zero-order valence-electron chi connectivity index (χ0n) is 17.1. The molecule has 2 heterocycles. The Labute approximate surface area is 174 Å². The van der Waals surface area contributed by atoms with Crippen LogP contribution in [0, 0.1) is 5.41 Å². The summed E-state index contributed by atoms with van der Waals surface area (Å²) in [7, 11) is 1.98. The maximum atomic E-state index is 12.5. The second-order valence-corrected chi connectivity index (χ2v) is 8.70. The summed E-state index contributed by atoms with van der Waals surface area (Å²) >= 11 is 0. The molecule has 0 radical (unpaired) electrons. The van der Waals surface area contributed by atoms with Crippen molar-refractivity contribution >= 4 is 0 Å². The second-order valence-electron chi connectivity index (χ2n) is 8.70. The largest absolute Gasteiger partial charge is 0.573 e. The van der Waals surface area contributed by atoms with Crippen molar-refractivity contribution in [3.05, 3.63) is 65.2 Å². The van der Waals surface area contributed by atoms with Gasteiger partial charge in [-0.25, -0.2) is 0 Å². The molecule has 2 atom stereocenters. The summed E-state index contributed by atoms with van der Waals surface area (Å²) in [4.78, 5) is 2.11. The number of rotatable bonds is 5. The van der Waals surface area contributed by atoms with Crippen molar-refractivity contribution in [3.63, 3.8) is 0 Å². The highest BCUT2D eigenvalue weighted by molar-refractivity contribution is 5.44. The highest BCUT2D eigenvalue weighted by Crippen LogP contribution is 2.50. The van der Waals surface area contributed by atoms with Crippen LogP contribution in [0.25, 0.3) is 0 Å². The van der Waals surface area contributed by atoms with Crippen LogP contribution in [-0.2, 0) is 10.3 Å². The van der Waals surface area contributed by atoms with Crippen LogP contribution in [0.1, 0.15) is 36.0 Å². The van der Waals surface area contributed by atoms with Gasteiger partial charge in [0.1, 0.15) is 11.4 Å². The average Bonchev–Trinajstić information content (AvgIpc) is 3.20. The van der Waals surface area contributed by atoms with Crippen LogP contribution in [0.15, 0.2) is 48.5 Å². The molecule has 2 fully saturated rings. The van der Waals surface area contributed by atoms with Gasteiger partial charge >= 0.3 is 6.36 Å². The summed E-state index contributed by atoms with van der Waals surface area (Å²) in [6.07, 6.45) is -3.82. The monoisotopic (exact) mass is 421 g/mol. The lowest BCUT2D eigenvalue weighted by Crippen LogP contribution is -2.63. The van der Waals surface area contributed by atoms with E-state index in [4.69, 9.17) is 4.74 Å². The van der Waals surface area contributed by atoms with Crippen LogP contribution in [-0.4, -0.2) is 49.7 Å². The molecule has 2 aromatic rings. The van der Waals surface area contributed by atoms with Gasteiger partial charge in [-0.3, -0.25) is 0 Å². The Balaban J connectivity index is 1.74. The first-order valence-corrected chi connectivity index (χ1v) is 10.1. The van der Waals surface area contributed by atoms with Crippen molar-refractivity contribution in [2.45, 2.75) is 31.2 Å². The number of ether oxygens (including phenoxy) is 2. The average molecular weight is 421 g/mol. The van der Waals surface area contributed by atoms with E-state index in [-0.39, 0.29) is 11.7 Å². The number of hydrogen-bond acceptors (Lipinski definition) is 4. The Hall–Kier alpha value is -2.09. The molecule has 0 saturated carbocycles. The van der Waals surface area contributed by atoms with Gasteiger partial charge in [0.15, 0.2) is 0 Å². The van der Waals surface area contributed by atoms with E-state index in [9.17, 15) is 18.3 Å². The molecule has 7 heteroatoms. The molecule has 4 nitrogen and oxygen atoms in total. The quantitative estimate of drug-likeness (QED) is 0.783. The molecule has 2 aromatic carbocycles. The molecule has 0 bridgehead atoms. The van der Waals surface area contributed by atoms with E-state index in [0.29, 0.717) is 25.3 Å². The number of benzene rings is 2. The van der Waals surface area contributed by atoms with E-state index in [2.05, 4.69) is 9.64 Å². The molecule has 0 spiro atoms. The standard InChI is InChI=1S/C23H26F3NO3/c1-21(14-27(2)15-21)22(28,18-6-8-20(9-7-18)30-23(24,25)26)19-5-3-4-16(12-19)17-10-11-29-13-17/h3-9,12,17,28H,10-11,13-15H2,1-2H3/t17?,22-/m0/s1. The van der Waals surface area contributed by atoms with E-state index in [1.54, 1.807) is 0 Å². The number of likely N-dealkylation sites (tertiary alicyclic amines) is 1. The molecular formula is C23H26F3NO3. The third kappa shape index (κ3) is 3.82. The number of nitrogens with zero attached hydrogens (tertiary/aromatic N) is 1. The molecule has 30 heavy (non-hydrogen) atoms. The number of hydrogen-bond donors (Lipinski definition) is 1. The van der Waals surface area contributed by atoms with Crippen molar-refractivity contribution in [3.8, 4) is 5.75 Å². The first-order chi connectivity index (χ1) is 14.1. The molecule has 2 saturated heterocycles. The fourth-order valence-corrected chi connectivity index (χ4v) is 4.95. The van der Waals surface area contributed by atoms with Crippen molar-refractivity contribution in [1.29, 1.82) is 0 Å². The van der Waals surface area contributed by atoms with Gasteiger partial charge in [0.25, 0.3) is 0 Å². The van der Waals surface area contributed by atoms with Crippen molar-refractivity contribution in [2.24, 2.45) is 5.41 Å². The summed E-state index contributed by atoms with van der Waals surface area (Å²) in [6, 6.07) is 13.4. The lowest BCUT2D eigenvalue weighted by atomic mass is 9.61. The smallest absolute Gasteiger partial charge is 0.406 e. The van der Waals surface area contributed by atoms with E-state index >= 15 is 0 Å². The second kappa shape index (κ2) is 7.55. The SMILES string of the molecule is CN1CC(C)([C@](O)(c2ccc(OC(F)(F)F)cc2)c2cccc(C3CCOC3)c2)C1. The van der Waals surface area contributed by atoms with Gasteiger partial charge in [-0.05, 0) is 42.3 Å². The van der Waals surface area contributed by atoms with Crippen LogP contribution in [0.3, 0.4) is 0 Å². The molecule has 162 valence electrons. The summed E-state index contributed by atoms with van der Waals surface area (Å²) in [6.45, 7) is 4.73. The maximum Gasteiger partial charge on any atom is 0.573 e. The highest BCUT2D eigenvalue weighted by atomic mass is 19.4. The predicted molar refractivity (Wildman–Crippen MR) is 106 cm³/mol. The van der Waals surface area contributed by atoms with E-state index < -0.39 is 17.4 Å². The van der Waals surface area contributed by atoms with Gasteiger partial charge in [0.05, 0.1) is 6.61 Å². The van der Waals surface area contributed by atoms with Crippen LogP contribution in [0.2, 0.25) is 0 Å². The van der Waals surface area contributed by atoms with Gasteiger partial charge in [-0.1, -0.05) is 43.3 Å². The van der Waals surface area contributed by atoms with Crippen LogP contribution in [0.5, 0.6) is 5.75 Å². The summed E-state index contributed by atoms with van der Waals surface area (Å²) in [5.41, 5.74) is 0.557. The Morgan fingerprint density at radius 3 is 2.37 bits per heavy atom. The van der Waals surface area contributed by atoms with Crippen LogP contribution in [0.4, 0.5) is 13.2 Å². The van der Waals surface area contributed by atoms with Crippen LogP contribution < -0.4 is 4.74 Å². The Bertz CT molecular complexity index is 887. The van der Waals surface area contributed by atoms with Crippen molar-refractivity contribution in [1.82, 2.24) is 4.90 Å². The molecule has 0 aliphatic carbocycles. The molecule has 1 unspecified atom stereocenters. The normalized spacial score (nSPS) is 23.6. The number of alkyl halides is 3. The molecule has 0 amide bonds. The van der Waals surface area contributed by atoms with Crippen molar-refractivity contribution in [2.75, 3.05) is 33.4 Å². The van der Waals surface area contributed by atoms with Gasteiger partial charge in [0.2, 0.25) is 0 Å². The van der Waals surface area contributed by atoms with Crippen molar-refractivity contribution < 1.29 is 27.8 Å². The Morgan fingerprint density at radius 1 is 1.10 bits per heavy atom. The topological polar surface area (TPSA) is 41.9 Å². The molecule has 2 aliphatic rings. The Kier molecular flexibility index (Phi) is 5.33. The maximum absolute atomic E-state index is 12.5. The van der Waals surface area contributed by atoms with E-state index in [1.807, 2.05) is 38.2 Å². The zero-order chi connectivity index (χ0) is 21.6. The highest BCUT2D eigenvalue weighted by Gasteiger charge is 2.55. The van der Waals surface area contributed by atoms with E-state index in [1.165, 1.54) is 24.3 Å². The van der Waals surface area contributed by atoms with Gasteiger partial charge in [0, 0.05) is 31.0 Å². The third-order valence-electron chi connectivity index (χ3n) is 6.32. The number of aliphatic hydroxyl groups is 1. The molecular weight excluding hydrogens is 395 g/mol. The fourth-order valence-electron chi connectivity index (χ4n) is 4.95. The van der Waals surface area contributed by atoms with Gasteiger partial charge < -0.3 is 19.5 Å². The summed E-state index contributed by atoms with van der Waals surface area (Å²) < 4.78 is 47.1. The Morgan fingerprint density at radius 2 is 1.80 bits per heavy atom. The van der Waals surface area contributed by atoms with Gasteiger partial charge in [-0.15, -0.1) is 13.2 Å². The van der Waals surface area contributed by atoms with E-state index in [0.717, 1.165) is 24.2 Å². The minimum atomic E-state index is -4.75. The minimum Gasteiger partial charge on any atom is -0.406 e. The lowest BCUT2D eigenvalue weighted by Gasteiger charge is -2.56. The lowest BCUT2D eigenvalue weighted by molar-refractivity contribution is -0.274. The first-order valence-electron chi connectivity index (χ1n) is 10.1. The molecule has 1 N–H and O–H groups in total. The first kappa shape index (κ1) is 21.2. The molecule has 2 aliphatic heterocycles. The van der Waals surface area contributed by atoms with Gasteiger partial charge in [-0.2, -0.15) is 0 Å². The zero-order valence-corrected chi connectivity index (χ0v) is 17.1. The molecule has 0 aromatic heterocycles. The molecule has 4 rings (SSSR count).